The van der Waals surface area contributed by atoms with Crippen LogP contribution >= 0.6 is 0 Å². The lowest BCUT2D eigenvalue weighted by Crippen LogP contribution is -2.21. The maximum absolute atomic E-state index is 12.6. The van der Waals surface area contributed by atoms with Gasteiger partial charge < -0.3 is 16.0 Å². The van der Waals surface area contributed by atoms with Crippen molar-refractivity contribution >= 4 is 23.0 Å². The van der Waals surface area contributed by atoms with E-state index < -0.39 is 0 Å². The van der Waals surface area contributed by atoms with Crippen LogP contribution in [0.2, 0.25) is 0 Å². The molecule has 0 aliphatic carbocycles. The number of hydrogen-bond acceptors (Lipinski definition) is 3. The van der Waals surface area contributed by atoms with Gasteiger partial charge in [-0.25, -0.2) is 0 Å². The summed E-state index contributed by atoms with van der Waals surface area (Å²) in [5, 5.41) is 3.03. The molecule has 1 fully saturated rings. The zero-order chi connectivity index (χ0) is 17.1. The van der Waals surface area contributed by atoms with Gasteiger partial charge in [-0.3, -0.25) is 4.79 Å². The van der Waals surface area contributed by atoms with Crippen molar-refractivity contribution in [2.75, 3.05) is 29.0 Å². The van der Waals surface area contributed by atoms with E-state index in [2.05, 4.69) is 24.1 Å². The third-order valence-corrected chi connectivity index (χ3v) is 4.56. The van der Waals surface area contributed by atoms with Gasteiger partial charge in [0, 0.05) is 24.3 Å². The van der Waals surface area contributed by atoms with Gasteiger partial charge in [0.25, 0.3) is 5.91 Å². The predicted octanol–water partition coefficient (Wildman–Crippen LogP) is 4.24. The molecule has 2 aromatic carbocycles. The smallest absolute Gasteiger partial charge is 0.255 e. The molecule has 0 aromatic heterocycles. The molecule has 4 heteroatoms. The van der Waals surface area contributed by atoms with Crippen LogP contribution < -0.4 is 16.0 Å². The van der Waals surface area contributed by atoms with Crippen molar-refractivity contribution in [1.29, 1.82) is 0 Å². The number of benzene rings is 2. The lowest BCUT2D eigenvalue weighted by atomic mass is 10.0. The number of carbonyl (C=O) groups is 1. The third-order valence-electron chi connectivity index (χ3n) is 4.56. The van der Waals surface area contributed by atoms with Gasteiger partial charge in [0.15, 0.2) is 0 Å². The molecule has 0 radical (unpaired) electrons. The van der Waals surface area contributed by atoms with Crippen molar-refractivity contribution in [2.24, 2.45) is 0 Å². The van der Waals surface area contributed by atoms with Crippen molar-refractivity contribution in [2.45, 2.75) is 32.6 Å². The normalized spacial score (nSPS) is 14.2. The average Bonchev–Trinajstić information content (AvgIpc) is 3.09. The van der Waals surface area contributed by atoms with E-state index in [0.717, 1.165) is 24.5 Å². The summed E-state index contributed by atoms with van der Waals surface area (Å²) < 4.78 is 0. The van der Waals surface area contributed by atoms with Crippen LogP contribution in [0.25, 0.3) is 0 Å². The Labute approximate surface area is 143 Å². The van der Waals surface area contributed by atoms with Crippen LogP contribution in [-0.2, 0) is 0 Å². The maximum Gasteiger partial charge on any atom is 0.255 e. The van der Waals surface area contributed by atoms with Crippen LogP contribution in [0.3, 0.4) is 0 Å². The van der Waals surface area contributed by atoms with E-state index in [4.69, 9.17) is 5.73 Å². The van der Waals surface area contributed by atoms with Crippen molar-refractivity contribution in [3.63, 3.8) is 0 Å². The largest absolute Gasteiger partial charge is 0.399 e. The molecular weight excluding hydrogens is 298 g/mol. The molecule has 3 N–H and O–H groups in total. The van der Waals surface area contributed by atoms with E-state index in [1.54, 1.807) is 0 Å². The molecular formula is C20H25N3O. The van der Waals surface area contributed by atoms with Gasteiger partial charge in [-0.2, -0.15) is 0 Å². The van der Waals surface area contributed by atoms with Crippen LogP contribution in [0.4, 0.5) is 17.1 Å². The third kappa shape index (κ3) is 3.53. The Bertz CT molecular complexity index is 716. The van der Waals surface area contributed by atoms with E-state index in [1.807, 2.05) is 42.5 Å². The highest BCUT2D eigenvalue weighted by molar-refractivity contribution is 6.06. The number of nitrogens with two attached hydrogens (primary N) is 1. The van der Waals surface area contributed by atoms with Gasteiger partial charge in [0.05, 0.1) is 11.4 Å². The minimum atomic E-state index is -0.101. The molecule has 0 bridgehead atoms. The molecule has 1 aliphatic heterocycles. The zero-order valence-corrected chi connectivity index (χ0v) is 14.4. The Balaban J connectivity index is 1.81. The summed E-state index contributed by atoms with van der Waals surface area (Å²) in [5.74, 6) is 0.356. The van der Waals surface area contributed by atoms with Gasteiger partial charge in [0.2, 0.25) is 0 Å². The number of carbonyl (C=O) groups excluding carboxylic acids is 1. The van der Waals surface area contributed by atoms with Crippen LogP contribution in [0, 0.1) is 0 Å². The maximum atomic E-state index is 12.6. The lowest BCUT2D eigenvalue weighted by Gasteiger charge is -2.22. The minimum absolute atomic E-state index is 0.101. The Morgan fingerprint density at radius 1 is 1.08 bits per heavy atom. The molecule has 2 aromatic rings. The number of amides is 1. The lowest BCUT2D eigenvalue weighted by molar-refractivity contribution is 0.102. The molecule has 1 aliphatic rings. The predicted molar refractivity (Wildman–Crippen MR) is 101 cm³/mol. The van der Waals surface area contributed by atoms with Crippen LogP contribution in [0.1, 0.15) is 48.5 Å². The van der Waals surface area contributed by atoms with Gasteiger partial charge >= 0.3 is 0 Å². The first-order valence-electron chi connectivity index (χ1n) is 8.60. The quantitative estimate of drug-likeness (QED) is 0.827. The van der Waals surface area contributed by atoms with Crippen molar-refractivity contribution in [1.82, 2.24) is 0 Å². The molecule has 0 atom stereocenters. The Morgan fingerprint density at radius 3 is 2.38 bits per heavy atom. The van der Waals surface area contributed by atoms with Crippen molar-refractivity contribution in [3.05, 3.63) is 53.6 Å². The summed E-state index contributed by atoms with van der Waals surface area (Å²) >= 11 is 0. The van der Waals surface area contributed by atoms with Crippen LogP contribution in [0.15, 0.2) is 42.5 Å². The number of anilines is 3. The van der Waals surface area contributed by atoms with Crippen LogP contribution in [-0.4, -0.2) is 19.0 Å². The Morgan fingerprint density at radius 2 is 1.75 bits per heavy atom. The fourth-order valence-corrected chi connectivity index (χ4v) is 3.10. The second kappa shape index (κ2) is 6.95. The summed E-state index contributed by atoms with van der Waals surface area (Å²) in [7, 11) is 0. The van der Waals surface area contributed by atoms with E-state index in [9.17, 15) is 4.79 Å². The highest BCUT2D eigenvalue weighted by atomic mass is 16.1. The van der Waals surface area contributed by atoms with Gasteiger partial charge in [-0.1, -0.05) is 26.0 Å². The topological polar surface area (TPSA) is 58.4 Å². The van der Waals surface area contributed by atoms with Gasteiger partial charge in [-0.15, -0.1) is 0 Å². The number of nitrogen functional groups attached to an aromatic ring is 1. The number of nitrogens with zero attached hydrogens (tertiary/aromatic N) is 1. The van der Waals surface area contributed by atoms with Crippen molar-refractivity contribution in [3.8, 4) is 0 Å². The first kappa shape index (κ1) is 16.4. The SMILES string of the molecule is CC(C)c1ccc(C(=O)Nc2cc(N)ccc2N2CCCC2)cc1. The van der Waals surface area contributed by atoms with E-state index in [-0.39, 0.29) is 5.91 Å². The van der Waals surface area contributed by atoms with E-state index >= 15 is 0 Å². The summed E-state index contributed by atoms with van der Waals surface area (Å²) in [4.78, 5) is 14.9. The Kier molecular flexibility index (Phi) is 4.74. The average molecular weight is 323 g/mol. The minimum Gasteiger partial charge on any atom is -0.399 e. The molecule has 1 amide bonds. The zero-order valence-electron chi connectivity index (χ0n) is 14.4. The standard InChI is InChI=1S/C20H25N3O/c1-14(2)15-5-7-16(8-6-15)20(24)22-18-13-17(21)9-10-19(18)23-11-3-4-12-23/h5-10,13-14H,3-4,11-12,21H2,1-2H3,(H,22,24). The highest BCUT2D eigenvalue weighted by Gasteiger charge is 2.17. The number of hydrogen-bond donors (Lipinski definition) is 2. The molecule has 1 saturated heterocycles. The first-order chi connectivity index (χ1) is 11.5. The fraction of sp³-hybridized carbons (Fsp3) is 0.350. The second-order valence-electron chi connectivity index (χ2n) is 6.70. The van der Waals surface area contributed by atoms with Crippen molar-refractivity contribution < 1.29 is 4.79 Å². The number of nitrogens with one attached hydrogen (secondary N) is 1. The molecule has 4 nitrogen and oxygen atoms in total. The monoisotopic (exact) mass is 323 g/mol. The fourth-order valence-electron chi connectivity index (χ4n) is 3.10. The molecule has 3 rings (SSSR count). The van der Waals surface area contributed by atoms with E-state index in [0.29, 0.717) is 17.2 Å². The van der Waals surface area contributed by atoms with Gasteiger partial charge in [-0.05, 0) is 54.7 Å². The molecule has 0 unspecified atom stereocenters. The molecule has 1 heterocycles. The molecule has 24 heavy (non-hydrogen) atoms. The highest BCUT2D eigenvalue weighted by Crippen LogP contribution is 2.31. The summed E-state index contributed by atoms with van der Waals surface area (Å²) in [6.45, 7) is 6.33. The number of rotatable bonds is 4. The first-order valence-corrected chi connectivity index (χ1v) is 8.60. The summed E-state index contributed by atoms with van der Waals surface area (Å²) in [6.07, 6.45) is 2.38. The van der Waals surface area contributed by atoms with Crippen LogP contribution in [0.5, 0.6) is 0 Å². The summed E-state index contributed by atoms with van der Waals surface area (Å²) in [5.41, 5.74) is 10.3. The van der Waals surface area contributed by atoms with E-state index in [1.165, 1.54) is 18.4 Å². The second-order valence-corrected chi connectivity index (χ2v) is 6.70. The molecule has 0 saturated carbocycles. The molecule has 126 valence electrons. The Hall–Kier alpha value is -2.49. The summed E-state index contributed by atoms with van der Waals surface area (Å²) in [6, 6.07) is 13.5. The molecule has 0 spiro atoms. The van der Waals surface area contributed by atoms with Gasteiger partial charge in [0.1, 0.15) is 0 Å².